The molecule has 0 amide bonds. The van der Waals surface area contributed by atoms with Crippen LogP contribution in [0.4, 0.5) is 4.39 Å². The number of thiophene rings is 1. The van der Waals surface area contributed by atoms with E-state index in [4.69, 9.17) is 0 Å². The first kappa shape index (κ1) is 12.7. The Morgan fingerprint density at radius 2 is 2.06 bits per heavy atom. The molecule has 0 saturated heterocycles. The zero-order valence-electron chi connectivity index (χ0n) is 10.2. The van der Waals surface area contributed by atoms with Crippen LogP contribution in [0.25, 0.3) is 0 Å². The van der Waals surface area contributed by atoms with E-state index in [9.17, 15) is 4.39 Å². The van der Waals surface area contributed by atoms with Gasteiger partial charge in [0.2, 0.25) is 0 Å². The highest BCUT2D eigenvalue weighted by molar-refractivity contribution is 7.11. The molecule has 0 aliphatic carbocycles. The van der Waals surface area contributed by atoms with Crippen molar-refractivity contribution in [3.63, 3.8) is 0 Å². The van der Waals surface area contributed by atoms with Gasteiger partial charge in [0.15, 0.2) is 0 Å². The number of halogens is 1. The minimum absolute atomic E-state index is 0.126. The molecule has 0 aromatic carbocycles. The first-order valence-corrected chi connectivity index (χ1v) is 7.44. The molecule has 0 fully saturated rings. The van der Waals surface area contributed by atoms with E-state index in [1.54, 1.807) is 22.8 Å². The summed E-state index contributed by atoms with van der Waals surface area (Å²) in [6.07, 6.45) is 2.86. The Morgan fingerprint density at radius 3 is 2.59 bits per heavy atom. The molecule has 0 aliphatic heterocycles. The van der Waals surface area contributed by atoms with Crippen LogP contribution in [-0.4, -0.2) is 4.98 Å². The lowest BCUT2D eigenvalue weighted by Gasteiger charge is -2.05. The van der Waals surface area contributed by atoms with E-state index in [2.05, 4.69) is 25.8 Å². The fourth-order valence-electron chi connectivity index (χ4n) is 1.63. The van der Waals surface area contributed by atoms with Crippen LogP contribution in [0.2, 0.25) is 0 Å². The van der Waals surface area contributed by atoms with Crippen molar-refractivity contribution in [1.82, 2.24) is 4.98 Å². The maximum Gasteiger partial charge on any atom is 0.134 e. The Kier molecular flexibility index (Phi) is 3.94. The van der Waals surface area contributed by atoms with Gasteiger partial charge in [0.1, 0.15) is 5.82 Å². The summed E-state index contributed by atoms with van der Waals surface area (Å²) in [5, 5.41) is 2.71. The molecule has 0 radical (unpaired) electrons. The first-order valence-electron chi connectivity index (χ1n) is 5.74. The minimum atomic E-state index is -0.126. The molecular weight excluding hydrogens is 253 g/mol. The van der Waals surface area contributed by atoms with Crippen LogP contribution in [0.5, 0.6) is 0 Å². The summed E-state index contributed by atoms with van der Waals surface area (Å²) in [6.45, 7) is 6.48. The molecular formula is C13H16FNS2. The van der Waals surface area contributed by atoms with E-state index in [0.717, 1.165) is 16.3 Å². The van der Waals surface area contributed by atoms with Crippen LogP contribution in [0.3, 0.4) is 0 Å². The average molecular weight is 269 g/mol. The summed E-state index contributed by atoms with van der Waals surface area (Å²) < 4.78 is 12.9. The molecule has 2 aromatic heterocycles. The summed E-state index contributed by atoms with van der Waals surface area (Å²) in [6, 6.07) is 1.63. The van der Waals surface area contributed by atoms with Gasteiger partial charge < -0.3 is 0 Å². The van der Waals surface area contributed by atoms with Gasteiger partial charge in [-0.25, -0.2) is 9.37 Å². The fraction of sp³-hybridized carbons (Fsp3) is 0.462. The van der Waals surface area contributed by atoms with Gasteiger partial charge in [-0.05, 0) is 17.9 Å². The van der Waals surface area contributed by atoms with E-state index < -0.39 is 0 Å². The second-order valence-corrected chi connectivity index (χ2v) is 6.67. The van der Waals surface area contributed by atoms with Crippen LogP contribution < -0.4 is 0 Å². The van der Waals surface area contributed by atoms with E-state index in [-0.39, 0.29) is 5.82 Å². The van der Waals surface area contributed by atoms with Crippen LogP contribution in [0, 0.1) is 5.82 Å². The molecule has 1 atom stereocenters. The summed E-state index contributed by atoms with van der Waals surface area (Å²) in [5.41, 5.74) is 0. The zero-order chi connectivity index (χ0) is 12.4. The molecule has 2 aromatic rings. The Balaban J connectivity index is 2.05. The van der Waals surface area contributed by atoms with E-state index in [1.807, 2.05) is 6.20 Å². The van der Waals surface area contributed by atoms with Gasteiger partial charge >= 0.3 is 0 Å². The van der Waals surface area contributed by atoms with Crippen molar-refractivity contribution in [2.24, 2.45) is 0 Å². The van der Waals surface area contributed by atoms with Crippen molar-refractivity contribution in [2.75, 3.05) is 0 Å². The third kappa shape index (κ3) is 3.13. The van der Waals surface area contributed by atoms with Crippen LogP contribution >= 0.6 is 22.7 Å². The average Bonchev–Trinajstić information content (AvgIpc) is 2.86. The van der Waals surface area contributed by atoms with Crippen molar-refractivity contribution >= 4 is 22.7 Å². The number of hydrogen-bond donors (Lipinski definition) is 0. The lowest BCUT2D eigenvalue weighted by Crippen LogP contribution is -1.95. The first-order chi connectivity index (χ1) is 8.06. The van der Waals surface area contributed by atoms with Gasteiger partial charge in [0.25, 0.3) is 0 Å². The minimum Gasteiger partial charge on any atom is -0.249 e. The van der Waals surface area contributed by atoms with Crippen molar-refractivity contribution in [3.05, 3.63) is 38.2 Å². The molecule has 0 saturated carbocycles. The molecule has 2 heterocycles. The van der Waals surface area contributed by atoms with Crippen molar-refractivity contribution in [1.29, 1.82) is 0 Å². The van der Waals surface area contributed by atoms with Crippen molar-refractivity contribution in [3.8, 4) is 0 Å². The topological polar surface area (TPSA) is 12.9 Å². The zero-order valence-corrected chi connectivity index (χ0v) is 11.9. The third-order valence-corrected chi connectivity index (χ3v) is 5.15. The summed E-state index contributed by atoms with van der Waals surface area (Å²) >= 11 is 3.26. The second kappa shape index (κ2) is 5.27. The van der Waals surface area contributed by atoms with Gasteiger partial charge in [0.05, 0.1) is 5.01 Å². The molecule has 4 heteroatoms. The Labute approximate surface area is 109 Å². The molecule has 92 valence electrons. The third-order valence-electron chi connectivity index (χ3n) is 2.69. The molecule has 17 heavy (non-hydrogen) atoms. The van der Waals surface area contributed by atoms with Crippen molar-refractivity contribution < 1.29 is 4.39 Å². The van der Waals surface area contributed by atoms with Gasteiger partial charge in [-0.15, -0.1) is 22.7 Å². The largest absolute Gasteiger partial charge is 0.249 e. The molecule has 1 nitrogen and oxygen atoms in total. The van der Waals surface area contributed by atoms with Gasteiger partial charge in [-0.3, -0.25) is 0 Å². The lowest BCUT2D eigenvalue weighted by atomic mass is 10.1. The number of thiazole rings is 1. The highest BCUT2D eigenvalue weighted by Gasteiger charge is 2.13. The standard InChI is InChI=1S/C13H16FNS2/c1-8(2)12-6-15-13(17-12)4-9(3)11-5-10(14)7-16-11/h5-9H,4H2,1-3H3. The maximum atomic E-state index is 12.9. The van der Waals surface area contributed by atoms with Crippen molar-refractivity contribution in [2.45, 2.75) is 39.0 Å². The normalized spacial score (nSPS) is 13.2. The smallest absolute Gasteiger partial charge is 0.134 e. The quantitative estimate of drug-likeness (QED) is 0.776. The monoisotopic (exact) mass is 269 g/mol. The number of rotatable bonds is 4. The van der Waals surface area contributed by atoms with Gasteiger partial charge in [0, 0.05) is 27.8 Å². The predicted octanol–water partition coefficient (Wildman–Crippen LogP) is 4.81. The molecule has 1 unspecified atom stereocenters. The predicted molar refractivity (Wildman–Crippen MR) is 72.6 cm³/mol. The maximum absolute atomic E-state index is 12.9. The lowest BCUT2D eigenvalue weighted by molar-refractivity contribution is 0.629. The van der Waals surface area contributed by atoms with E-state index >= 15 is 0 Å². The van der Waals surface area contributed by atoms with Gasteiger partial charge in [-0.2, -0.15) is 0 Å². The Hall–Kier alpha value is -0.740. The Morgan fingerprint density at radius 1 is 1.29 bits per heavy atom. The van der Waals surface area contributed by atoms with Gasteiger partial charge in [-0.1, -0.05) is 20.8 Å². The SMILES string of the molecule is CC(C)c1cnc(CC(C)c2cc(F)cs2)s1. The molecule has 2 rings (SSSR count). The second-order valence-electron chi connectivity index (χ2n) is 4.58. The highest BCUT2D eigenvalue weighted by Crippen LogP contribution is 2.29. The van der Waals surface area contributed by atoms with Crippen LogP contribution in [-0.2, 0) is 6.42 Å². The van der Waals surface area contributed by atoms with E-state index in [1.165, 1.54) is 16.2 Å². The molecule has 0 bridgehead atoms. The summed E-state index contributed by atoms with van der Waals surface area (Å²) in [7, 11) is 0. The van der Waals surface area contributed by atoms with Crippen LogP contribution in [0.15, 0.2) is 17.6 Å². The molecule has 0 N–H and O–H groups in total. The summed E-state index contributed by atoms with van der Waals surface area (Å²) in [4.78, 5) is 6.86. The number of nitrogens with zero attached hydrogens (tertiary/aromatic N) is 1. The Bertz CT molecular complexity index is 487. The van der Waals surface area contributed by atoms with E-state index in [0.29, 0.717) is 11.8 Å². The fourth-order valence-corrected chi connectivity index (χ4v) is 3.50. The molecule has 0 aliphatic rings. The molecule has 0 spiro atoms. The van der Waals surface area contributed by atoms with Crippen LogP contribution in [0.1, 0.15) is 47.4 Å². The highest BCUT2D eigenvalue weighted by atomic mass is 32.1. The number of aromatic nitrogens is 1. The number of hydrogen-bond acceptors (Lipinski definition) is 3. The summed E-state index contributed by atoms with van der Waals surface area (Å²) in [5.74, 6) is 0.755.